The van der Waals surface area contributed by atoms with Gasteiger partial charge < -0.3 is 9.64 Å². The molecule has 4 heteroatoms. The fourth-order valence-electron chi connectivity index (χ4n) is 2.84. The van der Waals surface area contributed by atoms with Crippen molar-refractivity contribution < 1.29 is 9.53 Å². The zero-order valence-corrected chi connectivity index (χ0v) is 14.8. The van der Waals surface area contributed by atoms with E-state index in [4.69, 9.17) is 4.74 Å². The minimum Gasteiger partial charge on any atom is -0.445 e. The highest BCUT2D eigenvalue weighted by Gasteiger charge is 2.45. The van der Waals surface area contributed by atoms with Crippen molar-refractivity contribution in [3.8, 4) is 0 Å². The minimum atomic E-state index is -0.266. The number of halogens is 1. The fourth-order valence-corrected chi connectivity index (χ4v) is 3.10. The molecule has 0 unspecified atom stereocenters. The van der Waals surface area contributed by atoms with Gasteiger partial charge in [-0.25, -0.2) is 4.79 Å². The second-order valence-corrected chi connectivity index (χ2v) is 7.10. The molecule has 1 saturated carbocycles. The average molecular weight is 374 g/mol. The third kappa shape index (κ3) is 3.94. The summed E-state index contributed by atoms with van der Waals surface area (Å²) >= 11 is 3.46. The minimum absolute atomic E-state index is 0.0984. The largest absolute Gasteiger partial charge is 0.445 e. The van der Waals surface area contributed by atoms with Crippen molar-refractivity contribution in [3.05, 3.63) is 70.2 Å². The van der Waals surface area contributed by atoms with Gasteiger partial charge in [0.2, 0.25) is 0 Å². The van der Waals surface area contributed by atoms with Gasteiger partial charge in [-0.15, -0.1) is 0 Å². The van der Waals surface area contributed by atoms with Crippen molar-refractivity contribution in [2.75, 3.05) is 13.6 Å². The first-order chi connectivity index (χ1) is 11.1. The van der Waals surface area contributed by atoms with Gasteiger partial charge in [-0.1, -0.05) is 58.4 Å². The average Bonchev–Trinajstić information content (AvgIpc) is 3.34. The van der Waals surface area contributed by atoms with E-state index in [0.717, 1.165) is 22.9 Å². The zero-order valence-electron chi connectivity index (χ0n) is 13.2. The summed E-state index contributed by atoms with van der Waals surface area (Å²) in [5, 5.41) is 0. The molecule has 3 nitrogen and oxygen atoms in total. The highest BCUT2D eigenvalue weighted by Crippen LogP contribution is 2.48. The van der Waals surface area contributed by atoms with Gasteiger partial charge in [-0.2, -0.15) is 0 Å². The summed E-state index contributed by atoms with van der Waals surface area (Å²) < 4.78 is 6.47. The van der Waals surface area contributed by atoms with Crippen LogP contribution in [-0.4, -0.2) is 24.6 Å². The molecule has 0 spiro atoms. The molecule has 120 valence electrons. The third-order valence-electron chi connectivity index (χ3n) is 4.37. The number of carbonyl (C=O) groups is 1. The van der Waals surface area contributed by atoms with Gasteiger partial charge >= 0.3 is 6.09 Å². The molecule has 2 aromatic carbocycles. The van der Waals surface area contributed by atoms with Crippen molar-refractivity contribution in [1.29, 1.82) is 0 Å². The Bertz CT molecular complexity index is 666. The molecule has 23 heavy (non-hydrogen) atoms. The molecule has 0 atom stereocenters. The molecule has 3 rings (SSSR count). The Morgan fingerprint density at radius 1 is 1.13 bits per heavy atom. The number of likely N-dealkylation sites (N-methyl/N-ethyl adjacent to an activating group) is 1. The van der Waals surface area contributed by atoms with E-state index in [9.17, 15) is 4.79 Å². The maximum atomic E-state index is 12.2. The third-order valence-corrected chi connectivity index (χ3v) is 4.90. The molecule has 0 aromatic heterocycles. The first-order valence-corrected chi connectivity index (χ1v) is 8.56. The maximum absolute atomic E-state index is 12.2. The Hall–Kier alpha value is -1.81. The quantitative estimate of drug-likeness (QED) is 0.756. The van der Waals surface area contributed by atoms with Gasteiger partial charge in [-0.3, -0.25) is 0 Å². The van der Waals surface area contributed by atoms with Crippen LogP contribution in [0.3, 0.4) is 0 Å². The van der Waals surface area contributed by atoms with E-state index in [-0.39, 0.29) is 11.5 Å². The Labute approximate surface area is 145 Å². The Kier molecular flexibility index (Phi) is 4.71. The van der Waals surface area contributed by atoms with E-state index in [1.54, 1.807) is 4.90 Å². The van der Waals surface area contributed by atoms with Crippen molar-refractivity contribution in [3.63, 3.8) is 0 Å². The summed E-state index contributed by atoms with van der Waals surface area (Å²) in [6.07, 6.45) is 1.97. The van der Waals surface area contributed by atoms with Gasteiger partial charge in [0.05, 0.1) is 0 Å². The van der Waals surface area contributed by atoms with Crippen molar-refractivity contribution >= 4 is 22.0 Å². The van der Waals surface area contributed by atoms with Gasteiger partial charge in [0.25, 0.3) is 0 Å². The first kappa shape index (κ1) is 16.1. The lowest BCUT2D eigenvalue weighted by Gasteiger charge is -2.24. The summed E-state index contributed by atoms with van der Waals surface area (Å²) in [4.78, 5) is 13.9. The van der Waals surface area contributed by atoms with Crippen LogP contribution in [0, 0.1) is 0 Å². The van der Waals surface area contributed by atoms with Crippen LogP contribution in [0.15, 0.2) is 59.1 Å². The highest BCUT2D eigenvalue weighted by atomic mass is 79.9. The molecule has 0 heterocycles. The predicted octanol–water partition coefficient (Wildman–Crippen LogP) is 4.75. The number of carbonyl (C=O) groups excluding carboxylic acids is 1. The number of nitrogens with zero attached hydrogens (tertiary/aromatic N) is 1. The first-order valence-electron chi connectivity index (χ1n) is 7.77. The molecule has 2 aromatic rings. The van der Waals surface area contributed by atoms with E-state index < -0.39 is 0 Å². The molecule has 1 fully saturated rings. The van der Waals surface area contributed by atoms with E-state index >= 15 is 0 Å². The summed E-state index contributed by atoms with van der Waals surface area (Å²) in [7, 11) is 1.81. The van der Waals surface area contributed by atoms with Crippen LogP contribution in [-0.2, 0) is 16.8 Å². The van der Waals surface area contributed by atoms with Crippen molar-refractivity contribution in [2.24, 2.45) is 0 Å². The van der Waals surface area contributed by atoms with E-state index in [1.165, 1.54) is 5.56 Å². The van der Waals surface area contributed by atoms with Crippen molar-refractivity contribution in [1.82, 2.24) is 4.90 Å². The summed E-state index contributed by atoms with van der Waals surface area (Å²) in [6, 6.07) is 18.1. The molecule has 0 aliphatic heterocycles. The zero-order chi connectivity index (χ0) is 16.3. The van der Waals surface area contributed by atoms with Crippen LogP contribution in [0.1, 0.15) is 24.0 Å². The molecule has 0 bridgehead atoms. The molecule has 1 aliphatic carbocycles. The second-order valence-electron chi connectivity index (χ2n) is 6.18. The van der Waals surface area contributed by atoms with Gasteiger partial charge in [0.1, 0.15) is 6.61 Å². The van der Waals surface area contributed by atoms with Crippen molar-refractivity contribution in [2.45, 2.75) is 24.9 Å². The maximum Gasteiger partial charge on any atom is 0.409 e. The SMILES string of the molecule is CN(CC1(c2ccc(Br)cc2)CC1)C(=O)OCc1ccccc1. The number of rotatable bonds is 5. The lowest BCUT2D eigenvalue weighted by atomic mass is 9.96. The second kappa shape index (κ2) is 6.75. The van der Waals surface area contributed by atoms with Crippen LogP contribution >= 0.6 is 15.9 Å². The monoisotopic (exact) mass is 373 g/mol. The topological polar surface area (TPSA) is 29.5 Å². The lowest BCUT2D eigenvalue weighted by molar-refractivity contribution is 0.102. The van der Waals surface area contributed by atoms with Gasteiger partial charge in [-0.05, 0) is 36.1 Å². The number of benzene rings is 2. The molecular weight excluding hydrogens is 354 g/mol. The van der Waals surface area contributed by atoms with Gasteiger partial charge in [0.15, 0.2) is 0 Å². The van der Waals surface area contributed by atoms with E-state index in [2.05, 4.69) is 40.2 Å². The number of amides is 1. The highest BCUT2D eigenvalue weighted by molar-refractivity contribution is 9.10. The van der Waals surface area contributed by atoms with Crippen LogP contribution in [0.4, 0.5) is 4.79 Å². The van der Waals surface area contributed by atoms with Crippen LogP contribution in [0.5, 0.6) is 0 Å². The summed E-state index contributed by atoms with van der Waals surface area (Å²) in [5.41, 5.74) is 2.40. The predicted molar refractivity (Wildman–Crippen MR) is 94.3 cm³/mol. The molecule has 1 amide bonds. The fraction of sp³-hybridized carbons (Fsp3) is 0.316. The summed E-state index contributed by atoms with van der Waals surface area (Å²) in [5.74, 6) is 0. The van der Waals surface area contributed by atoms with Gasteiger partial charge in [0, 0.05) is 23.5 Å². The molecule has 0 saturated heterocycles. The van der Waals surface area contributed by atoms with Crippen LogP contribution < -0.4 is 0 Å². The molecule has 0 N–H and O–H groups in total. The Morgan fingerprint density at radius 3 is 2.39 bits per heavy atom. The van der Waals surface area contributed by atoms with Crippen LogP contribution in [0.2, 0.25) is 0 Å². The number of hydrogen-bond donors (Lipinski definition) is 0. The van der Waals surface area contributed by atoms with Crippen LogP contribution in [0.25, 0.3) is 0 Å². The standard InChI is InChI=1S/C19H20BrNO2/c1-21(18(22)23-13-15-5-3-2-4-6-15)14-19(11-12-19)16-7-9-17(20)10-8-16/h2-10H,11-14H2,1H3. The van der Waals surface area contributed by atoms with E-state index in [1.807, 2.05) is 37.4 Å². The molecular formula is C19H20BrNO2. The number of hydrogen-bond acceptors (Lipinski definition) is 2. The summed E-state index contributed by atoms with van der Waals surface area (Å²) in [6.45, 7) is 1.01. The normalized spacial score (nSPS) is 15.0. The smallest absolute Gasteiger partial charge is 0.409 e. The molecule has 1 aliphatic rings. The van der Waals surface area contributed by atoms with E-state index in [0.29, 0.717) is 13.2 Å². The number of ether oxygens (including phenoxy) is 1. The molecule has 0 radical (unpaired) electrons. The lowest BCUT2D eigenvalue weighted by Crippen LogP contribution is -2.34. The Balaban J connectivity index is 1.57. The Morgan fingerprint density at radius 2 is 1.78 bits per heavy atom.